The van der Waals surface area contributed by atoms with Crippen LogP contribution in [0.2, 0.25) is 0 Å². The summed E-state index contributed by atoms with van der Waals surface area (Å²) < 4.78 is 38.9. The SMILES string of the molecule is Cc1ccc(S(=O)(=O)NCC(=O)N2CCC[C@H]2c2ccc3c(c2)OCCCO3)cc1. The predicted octanol–water partition coefficient (Wildman–Crippen LogP) is 2.80. The topological polar surface area (TPSA) is 84.9 Å². The highest BCUT2D eigenvalue weighted by Gasteiger charge is 2.31. The van der Waals surface area contributed by atoms with Crippen LogP contribution in [0.25, 0.3) is 0 Å². The normalized spacial score (nSPS) is 18.8. The fraction of sp³-hybridized carbons (Fsp3) is 0.409. The molecule has 1 N–H and O–H groups in total. The molecule has 2 aromatic rings. The summed E-state index contributed by atoms with van der Waals surface area (Å²) >= 11 is 0. The van der Waals surface area contributed by atoms with E-state index < -0.39 is 10.0 Å². The average Bonchev–Trinajstić information content (AvgIpc) is 3.11. The van der Waals surface area contributed by atoms with Gasteiger partial charge in [-0.25, -0.2) is 13.1 Å². The molecule has 4 rings (SSSR count). The van der Waals surface area contributed by atoms with Gasteiger partial charge in [-0.05, 0) is 49.6 Å². The van der Waals surface area contributed by atoms with Crippen molar-refractivity contribution in [1.82, 2.24) is 9.62 Å². The summed E-state index contributed by atoms with van der Waals surface area (Å²) in [5.74, 6) is 1.18. The number of amides is 1. The zero-order chi connectivity index (χ0) is 21.1. The first-order valence-electron chi connectivity index (χ1n) is 10.2. The lowest BCUT2D eigenvalue weighted by Crippen LogP contribution is -2.39. The monoisotopic (exact) mass is 430 g/mol. The van der Waals surface area contributed by atoms with Gasteiger partial charge in [-0.3, -0.25) is 4.79 Å². The molecule has 30 heavy (non-hydrogen) atoms. The standard InChI is InChI=1S/C22H26N2O5S/c1-16-5-8-18(9-6-16)30(26,27)23-15-22(25)24-11-2-4-19(24)17-7-10-20-21(14-17)29-13-3-12-28-20/h5-10,14,19,23H,2-4,11-13,15H2,1H3/t19-/m0/s1. The van der Waals surface area contributed by atoms with E-state index in [1.807, 2.05) is 25.1 Å². The van der Waals surface area contributed by atoms with Gasteiger partial charge in [0.25, 0.3) is 0 Å². The van der Waals surface area contributed by atoms with Crippen LogP contribution in [-0.2, 0) is 14.8 Å². The third kappa shape index (κ3) is 4.44. The molecule has 0 unspecified atom stereocenters. The smallest absolute Gasteiger partial charge is 0.241 e. The molecular weight excluding hydrogens is 404 g/mol. The highest BCUT2D eigenvalue weighted by atomic mass is 32.2. The van der Waals surface area contributed by atoms with E-state index in [9.17, 15) is 13.2 Å². The first-order valence-corrected chi connectivity index (χ1v) is 11.7. The maximum atomic E-state index is 12.8. The lowest BCUT2D eigenvalue weighted by Gasteiger charge is -2.26. The summed E-state index contributed by atoms with van der Waals surface area (Å²) in [6.07, 6.45) is 2.53. The quantitative estimate of drug-likeness (QED) is 0.789. The second-order valence-corrected chi connectivity index (χ2v) is 9.41. The van der Waals surface area contributed by atoms with Gasteiger partial charge in [0.2, 0.25) is 15.9 Å². The Labute approximate surface area is 177 Å². The number of aryl methyl sites for hydroxylation is 1. The number of benzene rings is 2. The molecule has 0 bridgehead atoms. The molecule has 2 aliphatic rings. The molecule has 1 amide bonds. The summed E-state index contributed by atoms with van der Waals surface area (Å²) in [6.45, 7) is 3.45. The molecule has 0 radical (unpaired) electrons. The number of likely N-dealkylation sites (tertiary alicyclic amines) is 1. The van der Waals surface area contributed by atoms with E-state index in [0.29, 0.717) is 25.5 Å². The summed E-state index contributed by atoms with van der Waals surface area (Å²) in [5, 5.41) is 0. The van der Waals surface area contributed by atoms with Crippen LogP contribution in [0.15, 0.2) is 47.4 Å². The molecule has 2 heterocycles. The fourth-order valence-electron chi connectivity index (χ4n) is 3.86. The van der Waals surface area contributed by atoms with E-state index in [1.165, 1.54) is 0 Å². The molecule has 0 spiro atoms. The Kier molecular flexibility index (Phi) is 5.97. The Bertz CT molecular complexity index is 1020. The Morgan fingerprint density at radius 3 is 2.57 bits per heavy atom. The van der Waals surface area contributed by atoms with Gasteiger partial charge in [-0.1, -0.05) is 23.8 Å². The lowest BCUT2D eigenvalue weighted by atomic mass is 10.0. The van der Waals surface area contributed by atoms with Crippen LogP contribution in [0.1, 0.15) is 36.4 Å². The summed E-state index contributed by atoms with van der Waals surface area (Å²) in [5.41, 5.74) is 1.95. The summed E-state index contributed by atoms with van der Waals surface area (Å²) in [6, 6.07) is 12.2. The van der Waals surface area contributed by atoms with Gasteiger partial charge in [0.1, 0.15) is 0 Å². The minimum Gasteiger partial charge on any atom is -0.490 e. The average molecular weight is 431 g/mol. The van der Waals surface area contributed by atoms with Crippen LogP contribution < -0.4 is 14.2 Å². The molecule has 8 heteroatoms. The molecule has 160 valence electrons. The second kappa shape index (κ2) is 8.65. The Balaban J connectivity index is 1.45. The number of ether oxygens (including phenoxy) is 2. The molecule has 1 fully saturated rings. The van der Waals surface area contributed by atoms with Crippen molar-refractivity contribution in [2.24, 2.45) is 0 Å². The van der Waals surface area contributed by atoms with Gasteiger partial charge in [0.15, 0.2) is 11.5 Å². The number of nitrogens with zero attached hydrogens (tertiary/aromatic N) is 1. The summed E-state index contributed by atoms with van der Waals surface area (Å²) in [4.78, 5) is 14.7. The van der Waals surface area contributed by atoms with Gasteiger partial charge in [0, 0.05) is 13.0 Å². The first kappa shape index (κ1) is 20.7. The van der Waals surface area contributed by atoms with E-state index in [2.05, 4.69) is 4.72 Å². The minimum absolute atomic E-state index is 0.0986. The van der Waals surface area contributed by atoms with Gasteiger partial charge >= 0.3 is 0 Å². The van der Waals surface area contributed by atoms with E-state index in [1.54, 1.807) is 29.2 Å². The van der Waals surface area contributed by atoms with E-state index in [0.717, 1.165) is 36.1 Å². The number of carbonyl (C=O) groups excluding carboxylic acids is 1. The van der Waals surface area contributed by atoms with Crippen molar-refractivity contribution in [3.05, 3.63) is 53.6 Å². The Morgan fingerprint density at radius 1 is 1.07 bits per heavy atom. The van der Waals surface area contributed by atoms with Gasteiger partial charge in [-0.15, -0.1) is 0 Å². The van der Waals surface area contributed by atoms with Gasteiger partial charge < -0.3 is 14.4 Å². The molecule has 0 aromatic heterocycles. The molecule has 2 aromatic carbocycles. The van der Waals surface area contributed by atoms with Crippen LogP contribution in [0.3, 0.4) is 0 Å². The van der Waals surface area contributed by atoms with Crippen molar-refractivity contribution in [3.8, 4) is 11.5 Å². The van der Waals surface area contributed by atoms with E-state index in [-0.39, 0.29) is 23.4 Å². The number of hydrogen-bond acceptors (Lipinski definition) is 5. The maximum absolute atomic E-state index is 12.8. The van der Waals surface area contributed by atoms with Crippen molar-refractivity contribution >= 4 is 15.9 Å². The molecule has 0 saturated carbocycles. The lowest BCUT2D eigenvalue weighted by molar-refractivity contribution is -0.130. The number of nitrogens with one attached hydrogen (secondary N) is 1. The largest absolute Gasteiger partial charge is 0.490 e. The molecule has 0 aliphatic carbocycles. The maximum Gasteiger partial charge on any atom is 0.241 e. The Morgan fingerprint density at radius 2 is 1.80 bits per heavy atom. The second-order valence-electron chi connectivity index (χ2n) is 7.64. The van der Waals surface area contributed by atoms with Crippen LogP contribution in [0.4, 0.5) is 0 Å². The highest BCUT2D eigenvalue weighted by molar-refractivity contribution is 7.89. The number of sulfonamides is 1. The predicted molar refractivity (Wildman–Crippen MR) is 112 cm³/mol. The van der Waals surface area contributed by atoms with Crippen LogP contribution in [0.5, 0.6) is 11.5 Å². The van der Waals surface area contributed by atoms with Crippen LogP contribution >= 0.6 is 0 Å². The molecule has 1 atom stereocenters. The van der Waals surface area contributed by atoms with Gasteiger partial charge in [0.05, 0.1) is 30.7 Å². The van der Waals surface area contributed by atoms with Crippen LogP contribution in [-0.4, -0.2) is 45.5 Å². The van der Waals surface area contributed by atoms with Crippen molar-refractivity contribution < 1.29 is 22.7 Å². The first-order chi connectivity index (χ1) is 14.4. The van der Waals surface area contributed by atoms with E-state index in [4.69, 9.17) is 9.47 Å². The van der Waals surface area contributed by atoms with Crippen molar-refractivity contribution in [2.45, 2.75) is 37.1 Å². The Hall–Kier alpha value is -2.58. The van der Waals surface area contributed by atoms with Gasteiger partial charge in [-0.2, -0.15) is 0 Å². The molecule has 2 aliphatic heterocycles. The van der Waals surface area contributed by atoms with Crippen LogP contribution in [0, 0.1) is 6.92 Å². The fourth-order valence-corrected chi connectivity index (χ4v) is 4.83. The number of hydrogen-bond donors (Lipinski definition) is 1. The van der Waals surface area contributed by atoms with E-state index >= 15 is 0 Å². The molecule has 7 nitrogen and oxygen atoms in total. The molecule has 1 saturated heterocycles. The van der Waals surface area contributed by atoms with Crippen molar-refractivity contribution in [1.29, 1.82) is 0 Å². The zero-order valence-electron chi connectivity index (χ0n) is 17.0. The third-order valence-corrected chi connectivity index (χ3v) is 6.89. The zero-order valence-corrected chi connectivity index (χ0v) is 17.8. The number of carbonyl (C=O) groups is 1. The highest BCUT2D eigenvalue weighted by Crippen LogP contribution is 2.37. The van der Waals surface area contributed by atoms with Crippen molar-refractivity contribution in [2.75, 3.05) is 26.3 Å². The minimum atomic E-state index is -3.73. The number of fused-ring (bicyclic) bond motifs is 1. The molecular formula is C22H26N2O5S. The van der Waals surface area contributed by atoms with Crippen molar-refractivity contribution in [3.63, 3.8) is 0 Å². The summed E-state index contributed by atoms with van der Waals surface area (Å²) in [7, 11) is -3.73. The number of rotatable bonds is 5. The third-order valence-electron chi connectivity index (χ3n) is 5.47.